The number of fused-ring (bicyclic) bond motifs is 5. The molecule has 180 valence electrons. The zero-order valence-corrected chi connectivity index (χ0v) is 20.3. The van der Waals surface area contributed by atoms with Crippen LogP contribution in [-0.2, 0) is 5.41 Å². The van der Waals surface area contributed by atoms with E-state index in [4.69, 9.17) is 9.72 Å². The number of phenols is 2. The molecule has 0 bridgehead atoms. The van der Waals surface area contributed by atoms with Crippen molar-refractivity contribution in [1.82, 2.24) is 19.7 Å². The lowest BCUT2D eigenvalue weighted by atomic mass is 9.71. The number of nitrogens with zero attached hydrogens (tertiary/aromatic N) is 4. The van der Waals surface area contributed by atoms with Gasteiger partial charge in [-0.15, -0.1) is 0 Å². The first kappa shape index (κ1) is 22.0. The van der Waals surface area contributed by atoms with E-state index in [9.17, 15) is 19.8 Å². The summed E-state index contributed by atoms with van der Waals surface area (Å²) in [6.45, 7) is 8.00. The highest BCUT2D eigenvalue weighted by Crippen LogP contribution is 2.58. The topological polar surface area (TPSA) is 127 Å². The molecule has 0 radical (unpaired) electrons. The predicted octanol–water partition coefficient (Wildman–Crippen LogP) is 4.24. The van der Waals surface area contributed by atoms with Crippen LogP contribution in [0.25, 0.3) is 22.9 Å². The van der Waals surface area contributed by atoms with E-state index in [0.717, 1.165) is 5.52 Å². The smallest absolute Gasteiger partial charge is 0.185 e. The average molecular weight is 482 g/mol. The Balaban J connectivity index is 1.62. The monoisotopic (exact) mass is 482 g/mol. The molecule has 9 heteroatoms. The molecule has 3 heterocycles. The van der Waals surface area contributed by atoms with Gasteiger partial charge in [-0.2, -0.15) is 5.10 Å². The third kappa shape index (κ3) is 2.57. The van der Waals surface area contributed by atoms with E-state index >= 15 is 0 Å². The Morgan fingerprint density at radius 1 is 1.03 bits per heavy atom. The molecule has 2 aromatic heterocycles. The standard InChI is InChI=1S/C27H22N4O5/c1-11-22(33)20(14(4)32)24-21(23(11)34)27(5)18(36-24)10-17-19(25(27)35)12(2)30-31(17)26-13(3)28-15-8-6-7-9-16(15)29-26/h6-10,33-34H,1-5H3/t27-/m0/s1. The largest absolute Gasteiger partial charge is 0.507 e. The molecular formula is C27H22N4O5. The highest BCUT2D eigenvalue weighted by Gasteiger charge is 2.55. The fraction of sp³-hybridized carbons (Fsp3) is 0.222. The molecule has 9 nitrogen and oxygen atoms in total. The Labute approximate surface area is 205 Å². The summed E-state index contributed by atoms with van der Waals surface area (Å²) in [6, 6.07) is 7.49. The number of benzene rings is 2. The number of hydrogen-bond acceptors (Lipinski definition) is 8. The summed E-state index contributed by atoms with van der Waals surface area (Å²) in [6.07, 6.45) is 1.68. The number of para-hydroxylation sites is 2. The van der Waals surface area contributed by atoms with Gasteiger partial charge in [0.05, 0.1) is 39.2 Å². The zero-order chi connectivity index (χ0) is 25.7. The lowest BCUT2D eigenvalue weighted by molar-refractivity contribution is 0.0905. The van der Waals surface area contributed by atoms with Crippen LogP contribution in [0.5, 0.6) is 17.2 Å². The van der Waals surface area contributed by atoms with Crippen molar-refractivity contribution in [3.05, 3.63) is 69.4 Å². The maximum atomic E-state index is 14.1. The van der Waals surface area contributed by atoms with E-state index in [2.05, 4.69) is 10.1 Å². The number of carbonyl (C=O) groups is 2. The van der Waals surface area contributed by atoms with Crippen LogP contribution in [0.4, 0.5) is 0 Å². The average Bonchev–Trinajstić information content (AvgIpc) is 3.31. The molecule has 2 aromatic carbocycles. The molecular weight excluding hydrogens is 460 g/mol. The maximum Gasteiger partial charge on any atom is 0.185 e. The van der Waals surface area contributed by atoms with E-state index in [-0.39, 0.29) is 45.5 Å². The quantitative estimate of drug-likeness (QED) is 0.406. The molecule has 2 aliphatic rings. The van der Waals surface area contributed by atoms with Crippen LogP contribution in [0.1, 0.15) is 62.8 Å². The highest BCUT2D eigenvalue weighted by atomic mass is 16.5. The van der Waals surface area contributed by atoms with Crippen LogP contribution < -0.4 is 4.74 Å². The van der Waals surface area contributed by atoms with E-state index in [0.29, 0.717) is 34.0 Å². The van der Waals surface area contributed by atoms with Gasteiger partial charge in [0.25, 0.3) is 0 Å². The van der Waals surface area contributed by atoms with Gasteiger partial charge in [0.15, 0.2) is 17.4 Å². The summed E-state index contributed by atoms with van der Waals surface area (Å²) in [5.74, 6) is -0.725. The molecule has 1 aliphatic carbocycles. The molecule has 36 heavy (non-hydrogen) atoms. The van der Waals surface area contributed by atoms with Crippen molar-refractivity contribution in [3.8, 4) is 23.1 Å². The Morgan fingerprint density at radius 3 is 2.36 bits per heavy atom. The van der Waals surface area contributed by atoms with Gasteiger partial charge in [-0.05, 0) is 46.8 Å². The third-order valence-corrected chi connectivity index (χ3v) is 7.16. The minimum atomic E-state index is -1.40. The molecule has 0 saturated carbocycles. The lowest BCUT2D eigenvalue weighted by Crippen LogP contribution is -2.36. The molecule has 0 spiro atoms. The van der Waals surface area contributed by atoms with Gasteiger partial charge in [-0.1, -0.05) is 12.1 Å². The van der Waals surface area contributed by atoms with E-state index in [1.165, 1.54) is 13.8 Å². The first-order valence-electron chi connectivity index (χ1n) is 11.4. The first-order chi connectivity index (χ1) is 17.1. The number of rotatable bonds is 2. The predicted molar refractivity (Wildman–Crippen MR) is 131 cm³/mol. The van der Waals surface area contributed by atoms with E-state index < -0.39 is 11.2 Å². The fourth-order valence-electron chi connectivity index (χ4n) is 5.23. The van der Waals surface area contributed by atoms with Crippen molar-refractivity contribution in [1.29, 1.82) is 0 Å². The van der Waals surface area contributed by atoms with E-state index in [1.54, 1.807) is 24.6 Å². The van der Waals surface area contributed by atoms with Crippen molar-refractivity contribution in [2.24, 2.45) is 0 Å². The minimum absolute atomic E-state index is 0.00538. The normalized spacial score (nSPS) is 17.9. The molecule has 0 amide bonds. The summed E-state index contributed by atoms with van der Waals surface area (Å²) in [5.41, 5.74) is 2.18. The van der Waals surface area contributed by atoms with Gasteiger partial charge in [0.2, 0.25) is 0 Å². The third-order valence-electron chi connectivity index (χ3n) is 7.16. The Bertz CT molecular complexity index is 1730. The van der Waals surface area contributed by atoms with Crippen LogP contribution in [-0.4, -0.2) is 41.5 Å². The van der Waals surface area contributed by atoms with Gasteiger partial charge in [0, 0.05) is 11.6 Å². The van der Waals surface area contributed by atoms with Crippen molar-refractivity contribution in [2.45, 2.75) is 40.0 Å². The Kier molecular flexibility index (Phi) is 4.27. The number of allylic oxidation sites excluding steroid dienone is 1. The summed E-state index contributed by atoms with van der Waals surface area (Å²) >= 11 is 0. The number of ketones is 2. The molecule has 4 aromatic rings. The number of phenolic OH excluding ortho intramolecular Hbond substituents is 2. The van der Waals surface area contributed by atoms with Crippen molar-refractivity contribution < 1.29 is 24.5 Å². The minimum Gasteiger partial charge on any atom is -0.507 e. The van der Waals surface area contributed by atoms with Crippen LogP contribution in [0, 0.1) is 20.8 Å². The highest BCUT2D eigenvalue weighted by molar-refractivity contribution is 6.14. The van der Waals surface area contributed by atoms with Crippen molar-refractivity contribution >= 4 is 28.7 Å². The second-order valence-corrected chi connectivity index (χ2v) is 9.40. The zero-order valence-electron chi connectivity index (χ0n) is 20.3. The van der Waals surface area contributed by atoms with Crippen LogP contribution in [0.3, 0.4) is 0 Å². The van der Waals surface area contributed by atoms with Crippen molar-refractivity contribution in [2.75, 3.05) is 0 Å². The molecule has 0 fully saturated rings. The SMILES string of the molecule is CC(=O)c1c(O)c(C)c(O)c2c1OC1=Cc3c(c(C)nn3-c3nc4ccccc4nc3C)C(=O)[C@@]12C. The van der Waals surface area contributed by atoms with Crippen LogP contribution >= 0.6 is 0 Å². The second-order valence-electron chi connectivity index (χ2n) is 9.40. The number of carbonyl (C=O) groups excluding carboxylic acids is 2. The summed E-state index contributed by atoms with van der Waals surface area (Å²) in [7, 11) is 0. The summed E-state index contributed by atoms with van der Waals surface area (Å²) in [5, 5.41) is 26.2. The summed E-state index contributed by atoms with van der Waals surface area (Å²) < 4.78 is 7.65. The number of aryl methyl sites for hydroxylation is 2. The maximum absolute atomic E-state index is 14.1. The first-order valence-corrected chi connectivity index (χ1v) is 11.4. The molecule has 2 N–H and O–H groups in total. The van der Waals surface area contributed by atoms with Crippen LogP contribution in [0.2, 0.25) is 0 Å². The number of ether oxygens (including phenoxy) is 1. The number of aromatic nitrogens is 4. The van der Waals surface area contributed by atoms with Gasteiger partial charge >= 0.3 is 0 Å². The Morgan fingerprint density at radius 2 is 1.69 bits per heavy atom. The van der Waals surface area contributed by atoms with E-state index in [1.807, 2.05) is 31.2 Å². The van der Waals surface area contributed by atoms with Gasteiger partial charge in [-0.25, -0.2) is 14.6 Å². The molecule has 6 rings (SSSR count). The van der Waals surface area contributed by atoms with Crippen LogP contribution in [0.15, 0.2) is 30.0 Å². The van der Waals surface area contributed by atoms with Crippen molar-refractivity contribution in [3.63, 3.8) is 0 Å². The van der Waals surface area contributed by atoms with Gasteiger partial charge in [-0.3, -0.25) is 9.59 Å². The molecule has 0 saturated heterocycles. The summed E-state index contributed by atoms with van der Waals surface area (Å²) in [4.78, 5) is 35.9. The van der Waals surface area contributed by atoms with Gasteiger partial charge < -0.3 is 14.9 Å². The fourth-order valence-corrected chi connectivity index (χ4v) is 5.23. The number of Topliss-reactive ketones (excluding diaryl/α,β-unsaturated/α-hetero) is 2. The lowest BCUT2D eigenvalue weighted by Gasteiger charge is -2.27. The molecule has 1 aliphatic heterocycles. The molecule has 0 unspecified atom stereocenters. The number of aromatic hydroxyl groups is 2. The molecule has 1 atom stereocenters. The number of hydrogen-bond donors (Lipinski definition) is 2. The van der Waals surface area contributed by atoms with Gasteiger partial charge in [0.1, 0.15) is 34.0 Å². The second kappa shape index (κ2) is 7.00. The Hall–Kier alpha value is -4.53.